The lowest BCUT2D eigenvalue weighted by Gasteiger charge is -2.31. The van der Waals surface area contributed by atoms with Crippen LogP contribution in [0.15, 0.2) is 12.4 Å². The molecule has 5 nitrogen and oxygen atoms in total. The van der Waals surface area contributed by atoms with Crippen LogP contribution in [0.5, 0.6) is 0 Å². The van der Waals surface area contributed by atoms with Crippen molar-refractivity contribution in [1.29, 1.82) is 0 Å². The van der Waals surface area contributed by atoms with Gasteiger partial charge in [-0.2, -0.15) is 0 Å². The molecule has 0 atom stereocenters. The van der Waals surface area contributed by atoms with Crippen LogP contribution in [0.1, 0.15) is 25.5 Å². The highest BCUT2D eigenvalue weighted by Crippen LogP contribution is 2.18. The molecule has 1 aliphatic rings. The number of nitrogens with zero attached hydrogens (tertiary/aromatic N) is 3. The summed E-state index contributed by atoms with van der Waals surface area (Å²) >= 11 is 0. The van der Waals surface area contributed by atoms with E-state index in [1.54, 1.807) is 19.3 Å². The summed E-state index contributed by atoms with van der Waals surface area (Å²) in [6.45, 7) is 6.25. The summed E-state index contributed by atoms with van der Waals surface area (Å²) in [6.07, 6.45) is 5.53. The molecule has 0 bridgehead atoms. The predicted molar refractivity (Wildman–Crippen MR) is 70.2 cm³/mol. The van der Waals surface area contributed by atoms with Crippen LogP contribution in [0.3, 0.4) is 0 Å². The molecule has 1 aromatic rings. The zero-order chi connectivity index (χ0) is 13.0. The number of aromatic nitrogens is 2. The number of amides is 1. The molecule has 5 heteroatoms. The minimum atomic E-state index is 0.186. The zero-order valence-electron chi connectivity index (χ0n) is 11.0. The molecule has 18 heavy (non-hydrogen) atoms. The molecule has 0 aromatic carbocycles. The normalized spacial score (nSPS) is 16.7. The first-order valence-corrected chi connectivity index (χ1v) is 6.44. The van der Waals surface area contributed by atoms with Crippen molar-refractivity contribution in [2.45, 2.75) is 26.7 Å². The van der Waals surface area contributed by atoms with Gasteiger partial charge >= 0.3 is 0 Å². The van der Waals surface area contributed by atoms with E-state index in [0.717, 1.165) is 44.0 Å². The molecule has 1 saturated heterocycles. The predicted octanol–water partition coefficient (Wildman–Crippen LogP) is 1.46. The van der Waals surface area contributed by atoms with Gasteiger partial charge in [-0.3, -0.25) is 9.78 Å². The number of carbonyl (C=O) groups is 1. The second-order valence-corrected chi connectivity index (χ2v) is 4.82. The molecule has 0 unspecified atom stereocenters. The monoisotopic (exact) mass is 248 g/mol. The van der Waals surface area contributed by atoms with E-state index in [1.165, 1.54) is 0 Å². The summed E-state index contributed by atoms with van der Waals surface area (Å²) in [4.78, 5) is 21.6. The van der Waals surface area contributed by atoms with Gasteiger partial charge in [-0.25, -0.2) is 4.98 Å². The molecule has 2 rings (SSSR count). The molecular formula is C13H20N4O. The van der Waals surface area contributed by atoms with Gasteiger partial charge < -0.3 is 10.2 Å². The van der Waals surface area contributed by atoms with Crippen molar-refractivity contribution in [3.05, 3.63) is 18.1 Å². The fraction of sp³-hybridized carbons (Fsp3) is 0.615. The minimum Gasteiger partial charge on any atom is -0.368 e. The Kier molecular flexibility index (Phi) is 4.12. The average Bonchev–Trinajstić information content (AvgIpc) is 2.38. The van der Waals surface area contributed by atoms with Crippen molar-refractivity contribution in [2.75, 3.05) is 25.0 Å². The van der Waals surface area contributed by atoms with Crippen molar-refractivity contribution in [2.24, 2.45) is 5.92 Å². The molecule has 0 spiro atoms. The number of hydrogen-bond donors (Lipinski definition) is 1. The molecule has 2 heterocycles. The molecule has 1 amide bonds. The van der Waals surface area contributed by atoms with Crippen LogP contribution in [-0.4, -0.2) is 40.4 Å². The Balaban J connectivity index is 1.79. The lowest BCUT2D eigenvalue weighted by atomic mass is 9.97. The van der Waals surface area contributed by atoms with Crippen LogP contribution in [0, 0.1) is 12.8 Å². The second kappa shape index (κ2) is 5.80. The van der Waals surface area contributed by atoms with E-state index in [4.69, 9.17) is 0 Å². The number of carbonyl (C=O) groups excluding carboxylic acids is 1. The Labute approximate surface area is 108 Å². The van der Waals surface area contributed by atoms with E-state index in [2.05, 4.69) is 15.3 Å². The van der Waals surface area contributed by atoms with Crippen molar-refractivity contribution in [1.82, 2.24) is 14.9 Å². The SMILES string of the molecule is CC(=O)N1CCC(CNc2nccnc2C)CC1. The van der Waals surface area contributed by atoms with E-state index in [1.807, 2.05) is 11.8 Å². The summed E-state index contributed by atoms with van der Waals surface area (Å²) in [5.74, 6) is 1.67. The molecule has 1 aliphatic heterocycles. The smallest absolute Gasteiger partial charge is 0.219 e. The minimum absolute atomic E-state index is 0.186. The number of hydrogen-bond acceptors (Lipinski definition) is 4. The molecule has 1 fully saturated rings. The number of rotatable bonds is 3. The molecule has 98 valence electrons. The fourth-order valence-corrected chi connectivity index (χ4v) is 2.27. The highest BCUT2D eigenvalue weighted by molar-refractivity contribution is 5.73. The highest BCUT2D eigenvalue weighted by Gasteiger charge is 2.20. The Morgan fingerprint density at radius 3 is 2.67 bits per heavy atom. The summed E-state index contributed by atoms with van der Waals surface area (Å²) in [5.41, 5.74) is 0.929. The van der Waals surface area contributed by atoms with Crippen molar-refractivity contribution < 1.29 is 4.79 Å². The lowest BCUT2D eigenvalue weighted by Crippen LogP contribution is -2.38. The van der Waals surface area contributed by atoms with Gasteiger partial charge in [0.05, 0.1) is 5.69 Å². The molecule has 0 saturated carbocycles. The number of likely N-dealkylation sites (tertiary alicyclic amines) is 1. The van der Waals surface area contributed by atoms with Crippen molar-refractivity contribution >= 4 is 11.7 Å². The quantitative estimate of drug-likeness (QED) is 0.879. The first-order valence-electron chi connectivity index (χ1n) is 6.44. The maximum absolute atomic E-state index is 11.2. The van der Waals surface area contributed by atoms with Gasteiger partial charge in [-0.05, 0) is 25.7 Å². The lowest BCUT2D eigenvalue weighted by molar-refractivity contribution is -0.130. The Bertz CT molecular complexity index is 413. The van der Waals surface area contributed by atoms with Crippen molar-refractivity contribution in [3.8, 4) is 0 Å². The van der Waals surface area contributed by atoms with Crippen LogP contribution < -0.4 is 5.32 Å². The largest absolute Gasteiger partial charge is 0.368 e. The van der Waals surface area contributed by atoms with Crippen LogP contribution in [0.25, 0.3) is 0 Å². The number of piperidine rings is 1. The summed E-state index contributed by atoms with van der Waals surface area (Å²) in [6, 6.07) is 0. The van der Waals surface area contributed by atoms with Gasteiger partial charge in [0.1, 0.15) is 5.82 Å². The van der Waals surface area contributed by atoms with Gasteiger partial charge in [0.2, 0.25) is 5.91 Å². The summed E-state index contributed by atoms with van der Waals surface area (Å²) in [5, 5.41) is 3.35. The molecule has 1 aromatic heterocycles. The van der Waals surface area contributed by atoms with E-state index in [0.29, 0.717) is 5.92 Å². The molecule has 1 N–H and O–H groups in total. The van der Waals surface area contributed by atoms with Crippen LogP contribution in [-0.2, 0) is 4.79 Å². The zero-order valence-corrected chi connectivity index (χ0v) is 11.0. The summed E-state index contributed by atoms with van der Waals surface area (Å²) < 4.78 is 0. The van der Waals surface area contributed by atoms with Gasteiger partial charge in [-0.15, -0.1) is 0 Å². The third-order valence-electron chi connectivity index (χ3n) is 3.50. The van der Waals surface area contributed by atoms with Gasteiger partial charge in [0.25, 0.3) is 0 Å². The van der Waals surface area contributed by atoms with E-state index < -0.39 is 0 Å². The second-order valence-electron chi connectivity index (χ2n) is 4.82. The van der Waals surface area contributed by atoms with Gasteiger partial charge in [0, 0.05) is 39.0 Å². The number of nitrogens with one attached hydrogen (secondary N) is 1. The molecule has 0 aliphatic carbocycles. The number of anilines is 1. The van der Waals surface area contributed by atoms with Crippen LogP contribution in [0.4, 0.5) is 5.82 Å². The average molecular weight is 248 g/mol. The van der Waals surface area contributed by atoms with Crippen molar-refractivity contribution in [3.63, 3.8) is 0 Å². The molecule has 0 radical (unpaired) electrons. The fourth-order valence-electron chi connectivity index (χ4n) is 2.27. The standard InChI is InChI=1S/C13H20N4O/c1-10-13(15-6-5-14-10)16-9-12-3-7-17(8-4-12)11(2)18/h5-6,12H,3-4,7-9H2,1-2H3,(H,15,16). The van der Waals surface area contributed by atoms with Gasteiger partial charge in [0.15, 0.2) is 0 Å². The Morgan fingerprint density at radius 2 is 2.06 bits per heavy atom. The first-order chi connectivity index (χ1) is 8.66. The highest BCUT2D eigenvalue weighted by atomic mass is 16.2. The first kappa shape index (κ1) is 12.8. The maximum Gasteiger partial charge on any atom is 0.219 e. The maximum atomic E-state index is 11.2. The Morgan fingerprint density at radius 1 is 1.39 bits per heavy atom. The topological polar surface area (TPSA) is 58.1 Å². The van der Waals surface area contributed by atoms with Crippen LogP contribution in [0.2, 0.25) is 0 Å². The number of aryl methyl sites for hydroxylation is 1. The van der Waals surface area contributed by atoms with E-state index in [9.17, 15) is 4.79 Å². The third kappa shape index (κ3) is 3.18. The van der Waals surface area contributed by atoms with Gasteiger partial charge in [-0.1, -0.05) is 0 Å². The summed E-state index contributed by atoms with van der Waals surface area (Å²) in [7, 11) is 0. The molecular weight excluding hydrogens is 228 g/mol. The Hall–Kier alpha value is -1.65. The van der Waals surface area contributed by atoms with E-state index >= 15 is 0 Å². The van der Waals surface area contributed by atoms with Crippen LogP contribution >= 0.6 is 0 Å². The third-order valence-corrected chi connectivity index (χ3v) is 3.50. The van der Waals surface area contributed by atoms with E-state index in [-0.39, 0.29) is 5.91 Å².